The Balaban J connectivity index is 1.34. The highest BCUT2D eigenvalue weighted by Crippen LogP contribution is 2.21. The van der Waals surface area contributed by atoms with Gasteiger partial charge in [0.1, 0.15) is 5.82 Å². The Morgan fingerprint density at radius 1 is 1.07 bits per heavy atom. The van der Waals surface area contributed by atoms with Crippen LogP contribution in [-0.4, -0.2) is 52.1 Å². The van der Waals surface area contributed by atoms with Crippen LogP contribution >= 0.6 is 0 Å². The maximum Gasteiger partial charge on any atom is 0.229 e. The van der Waals surface area contributed by atoms with Gasteiger partial charge in [-0.05, 0) is 17.7 Å². The van der Waals surface area contributed by atoms with Gasteiger partial charge >= 0.3 is 0 Å². The Hall–Kier alpha value is -3.22. The lowest BCUT2D eigenvalue weighted by Gasteiger charge is -2.35. The number of aromatic nitrogens is 3. The number of carbonyl (C=O) groups is 1. The summed E-state index contributed by atoms with van der Waals surface area (Å²) in [4.78, 5) is 25.6. The van der Waals surface area contributed by atoms with E-state index in [2.05, 4.69) is 20.0 Å². The molecule has 1 aliphatic heterocycles. The van der Waals surface area contributed by atoms with Crippen molar-refractivity contribution in [2.24, 2.45) is 0 Å². The predicted molar refractivity (Wildman–Crippen MR) is 111 cm³/mol. The SMILES string of the molecule is CC(C)c1nc(-c2ccc(N3CCN(C(=O)Cc4ccccc4)CC3)nc2)no1. The van der Waals surface area contributed by atoms with Crippen LogP contribution in [0.5, 0.6) is 0 Å². The summed E-state index contributed by atoms with van der Waals surface area (Å²) in [6.45, 7) is 6.99. The molecule has 0 aliphatic carbocycles. The molecular formula is C22H25N5O2. The summed E-state index contributed by atoms with van der Waals surface area (Å²) in [5.74, 6) is 2.46. The first-order chi connectivity index (χ1) is 14.1. The number of hydrogen-bond donors (Lipinski definition) is 0. The van der Waals surface area contributed by atoms with Gasteiger partial charge in [0.05, 0.1) is 6.42 Å². The molecule has 0 N–H and O–H groups in total. The number of nitrogens with zero attached hydrogens (tertiary/aromatic N) is 5. The zero-order valence-electron chi connectivity index (χ0n) is 16.8. The van der Waals surface area contributed by atoms with Crippen LogP contribution in [0.15, 0.2) is 53.2 Å². The highest BCUT2D eigenvalue weighted by atomic mass is 16.5. The van der Waals surface area contributed by atoms with E-state index in [-0.39, 0.29) is 11.8 Å². The van der Waals surface area contributed by atoms with E-state index in [9.17, 15) is 4.79 Å². The Labute approximate surface area is 170 Å². The fourth-order valence-corrected chi connectivity index (χ4v) is 3.36. The number of rotatable bonds is 5. The Bertz CT molecular complexity index is 945. The van der Waals surface area contributed by atoms with Crippen molar-refractivity contribution >= 4 is 11.7 Å². The van der Waals surface area contributed by atoms with Gasteiger partial charge in [0.15, 0.2) is 0 Å². The first-order valence-electron chi connectivity index (χ1n) is 9.97. The van der Waals surface area contributed by atoms with Gasteiger partial charge in [0.25, 0.3) is 0 Å². The zero-order chi connectivity index (χ0) is 20.2. The second-order valence-corrected chi connectivity index (χ2v) is 7.55. The van der Waals surface area contributed by atoms with Crippen molar-refractivity contribution in [3.8, 4) is 11.4 Å². The average molecular weight is 391 g/mol. The molecule has 0 spiro atoms. The van der Waals surface area contributed by atoms with Crippen molar-refractivity contribution in [2.75, 3.05) is 31.1 Å². The Morgan fingerprint density at radius 3 is 2.45 bits per heavy atom. The summed E-state index contributed by atoms with van der Waals surface area (Å²) >= 11 is 0. The maximum atomic E-state index is 12.5. The lowest BCUT2D eigenvalue weighted by atomic mass is 10.1. The molecule has 0 atom stereocenters. The van der Waals surface area contributed by atoms with Crippen molar-refractivity contribution in [2.45, 2.75) is 26.2 Å². The van der Waals surface area contributed by atoms with Gasteiger partial charge in [-0.1, -0.05) is 49.3 Å². The molecule has 150 valence electrons. The molecule has 1 amide bonds. The largest absolute Gasteiger partial charge is 0.353 e. The molecule has 1 aliphatic rings. The average Bonchev–Trinajstić information content (AvgIpc) is 3.25. The van der Waals surface area contributed by atoms with Crippen LogP contribution < -0.4 is 4.90 Å². The van der Waals surface area contributed by atoms with Gasteiger partial charge in [-0.25, -0.2) is 4.98 Å². The normalized spacial score (nSPS) is 14.4. The molecule has 1 saturated heterocycles. The van der Waals surface area contributed by atoms with Gasteiger partial charge in [0.2, 0.25) is 17.6 Å². The number of hydrogen-bond acceptors (Lipinski definition) is 6. The number of anilines is 1. The molecule has 3 aromatic rings. The molecule has 29 heavy (non-hydrogen) atoms. The van der Waals surface area contributed by atoms with E-state index in [4.69, 9.17) is 4.52 Å². The molecular weight excluding hydrogens is 366 g/mol. The number of benzene rings is 1. The second-order valence-electron chi connectivity index (χ2n) is 7.55. The molecule has 1 fully saturated rings. The second kappa shape index (κ2) is 8.43. The Kier molecular flexibility index (Phi) is 5.55. The summed E-state index contributed by atoms with van der Waals surface area (Å²) in [6, 6.07) is 13.8. The van der Waals surface area contributed by atoms with E-state index < -0.39 is 0 Å². The standard InChI is InChI=1S/C22H25N5O2/c1-16(2)22-24-21(25-29-22)18-8-9-19(23-15-18)26-10-12-27(13-11-26)20(28)14-17-6-4-3-5-7-17/h3-9,15-16H,10-14H2,1-2H3. The third-order valence-electron chi connectivity index (χ3n) is 5.10. The first kappa shape index (κ1) is 19.1. The van der Waals surface area contributed by atoms with Crippen molar-refractivity contribution in [1.82, 2.24) is 20.0 Å². The lowest BCUT2D eigenvalue weighted by molar-refractivity contribution is -0.130. The van der Waals surface area contributed by atoms with Gasteiger partial charge < -0.3 is 14.3 Å². The molecule has 4 rings (SSSR count). The van der Waals surface area contributed by atoms with Crippen molar-refractivity contribution < 1.29 is 9.32 Å². The minimum Gasteiger partial charge on any atom is -0.353 e. The van der Waals surface area contributed by atoms with E-state index in [0.717, 1.165) is 30.0 Å². The van der Waals surface area contributed by atoms with Crippen LogP contribution in [0.2, 0.25) is 0 Å². The van der Waals surface area contributed by atoms with E-state index in [0.29, 0.717) is 31.2 Å². The van der Waals surface area contributed by atoms with Crippen LogP contribution in [0.1, 0.15) is 31.2 Å². The number of pyridine rings is 1. The van der Waals surface area contributed by atoms with Crippen LogP contribution in [0, 0.1) is 0 Å². The molecule has 1 aromatic carbocycles. The quantitative estimate of drug-likeness (QED) is 0.665. The van der Waals surface area contributed by atoms with Crippen molar-refractivity contribution in [3.63, 3.8) is 0 Å². The summed E-state index contributed by atoms with van der Waals surface area (Å²) < 4.78 is 5.27. The number of piperazine rings is 1. The molecule has 7 nitrogen and oxygen atoms in total. The number of carbonyl (C=O) groups excluding carboxylic acids is 1. The minimum atomic E-state index is 0.178. The van der Waals surface area contributed by atoms with E-state index in [1.807, 2.05) is 61.2 Å². The fraction of sp³-hybridized carbons (Fsp3) is 0.364. The highest BCUT2D eigenvalue weighted by molar-refractivity contribution is 5.79. The smallest absolute Gasteiger partial charge is 0.229 e. The fourth-order valence-electron chi connectivity index (χ4n) is 3.36. The minimum absolute atomic E-state index is 0.178. The molecule has 0 radical (unpaired) electrons. The highest BCUT2D eigenvalue weighted by Gasteiger charge is 2.22. The summed E-state index contributed by atoms with van der Waals surface area (Å²) in [7, 11) is 0. The maximum absolute atomic E-state index is 12.5. The monoisotopic (exact) mass is 391 g/mol. The third-order valence-corrected chi connectivity index (χ3v) is 5.10. The molecule has 3 heterocycles. The van der Waals surface area contributed by atoms with Crippen LogP contribution in [0.4, 0.5) is 5.82 Å². The van der Waals surface area contributed by atoms with Gasteiger partial charge in [-0.2, -0.15) is 4.98 Å². The topological polar surface area (TPSA) is 75.4 Å². The first-order valence-corrected chi connectivity index (χ1v) is 9.97. The van der Waals surface area contributed by atoms with Crippen molar-refractivity contribution in [1.29, 1.82) is 0 Å². The van der Waals surface area contributed by atoms with Crippen LogP contribution in [0.25, 0.3) is 11.4 Å². The molecule has 0 saturated carbocycles. The summed E-state index contributed by atoms with van der Waals surface area (Å²) in [5, 5.41) is 4.03. The van der Waals surface area contributed by atoms with Gasteiger partial charge in [-0.15, -0.1) is 0 Å². The lowest BCUT2D eigenvalue weighted by Crippen LogP contribution is -2.49. The van der Waals surface area contributed by atoms with E-state index >= 15 is 0 Å². The summed E-state index contributed by atoms with van der Waals surface area (Å²) in [5.41, 5.74) is 1.89. The predicted octanol–water partition coefficient (Wildman–Crippen LogP) is 3.15. The number of amides is 1. The summed E-state index contributed by atoms with van der Waals surface area (Å²) in [6.07, 6.45) is 2.23. The van der Waals surface area contributed by atoms with Crippen LogP contribution in [0.3, 0.4) is 0 Å². The van der Waals surface area contributed by atoms with E-state index in [1.54, 1.807) is 6.20 Å². The van der Waals surface area contributed by atoms with E-state index in [1.165, 1.54) is 0 Å². The zero-order valence-corrected chi connectivity index (χ0v) is 16.8. The molecule has 7 heteroatoms. The van der Waals surface area contributed by atoms with Gasteiger partial charge in [-0.3, -0.25) is 4.79 Å². The Morgan fingerprint density at radius 2 is 1.83 bits per heavy atom. The molecule has 0 bridgehead atoms. The molecule has 2 aromatic heterocycles. The van der Waals surface area contributed by atoms with Crippen LogP contribution in [-0.2, 0) is 11.2 Å². The van der Waals surface area contributed by atoms with Crippen molar-refractivity contribution in [3.05, 3.63) is 60.1 Å². The molecule has 0 unspecified atom stereocenters. The third kappa shape index (κ3) is 4.45. The van der Waals surface area contributed by atoms with Gasteiger partial charge in [0, 0.05) is 43.9 Å².